The maximum absolute atomic E-state index is 14.8. The van der Waals surface area contributed by atoms with Gasteiger partial charge in [0.2, 0.25) is 0 Å². The van der Waals surface area contributed by atoms with E-state index in [4.69, 9.17) is 23.7 Å². The van der Waals surface area contributed by atoms with Gasteiger partial charge in [-0.25, -0.2) is 14.4 Å². The Bertz CT molecular complexity index is 2030. The van der Waals surface area contributed by atoms with E-state index in [2.05, 4.69) is 5.32 Å². The van der Waals surface area contributed by atoms with Crippen LogP contribution in [0, 0.1) is 16.2 Å². The molecule has 1 aliphatic heterocycles. The number of rotatable bonds is 8. The van der Waals surface area contributed by atoms with E-state index in [0.717, 1.165) is 0 Å². The van der Waals surface area contributed by atoms with Crippen LogP contribution in [0.15, 0.2) is 71.8 Å². The molecule has 3 saturated carbocycles. The van der Waals surface area contributed by atoms with Gasteiger partial charge in [-0.2, -0.15) is 0 Å². The highest BCUT2D eigenvalue weighted by Gasteiger charge is 2.99. The average molecular weight is 792 g/mol. The number of hydrogen-bond acceptors (Lipinski definition) is 14. The van der Waals surface area contributed by atoms with Crippen LogP contribution in [0.4, 0.5) is 4.79 Å². The van der Waals surface area contributed by atoms with E-state index in [1.807, 2.05) is 0 Å². The predicted molar refractivity (Wildman–Crippen MR) is 197 cm³/mol. The van der Waals surface area contributed by atoms with Crippen molar-refractivity contribution in [1.82, 2.24) is 5.32 Å². The lowest BCUT2D eigenvalue weighted by Gasteiger charge is -2.86. The molecule has 306 valence electrons. The van der Waals surface area contributed by atoms with Crippen molar-refractivity contribution in [3.8, 4) is 0 Å². The summed E-state index contributed by atoms with van der Waals surface area (Å²) in [5, 5.41) is 51.2. The standard InChI is InChI=1S/C42H49NO14/c1-21-25(54-34(50)31(47)29(23-14-10-8-11-15-23)43-36(51)57-37(3,4)5)19-40(52)35(55-33(49)24-16-12-9-13-17-24)42-38(6,32(48)30(46)28(21)39(40,42)7)26(45)18-27-41(42,20-53-27)56-22(2)44/h8-17,25-27,29-31,35,45-47,52H,18-20H2,1-7H3,(H,43,51)/t25-,26-,27+,29-,30+,31+,35+,38-,39-,40+,41-,42?/m0/s1. The first-order chi connectivity index (χ1) is 26.6. The van der Waals surface area contributed by atoms with Crippen molar-refractivity contribution in [3.05, 3.63) is 82.9 Å². The van der Waals surface area contributed by atoms with Gasteiger partial charge in [0.15, 0.2) is 17.5 Å². The smallest absolute Gasteiger partial charge is 0.408 e. The normalized spacial score (nSPS) is 37.4. The second-order valence-electron chi connectivity index (χ2n) is 17.2. The predicted octanol–water partition coefficient (Wildman–Crippen LogP) is 2.62. The minimum atomic E-state index is -2.26. The first kappa shape index (κ1) is 40.5. The van der Waals surface area contributed by atoms with E-state index >= 15 is 0 Å². The number of Topliss-reactive ketones (excluding diaryl/α,β-unsaturated/α-hetero) is 1. The zero-order valence-corrected chi connectivity index (χ0v) is 32.8. The number of ether oxygens (including phenoxy) is 5. The number of benzene rings is 2. The molecule has 0 aromatic heterocycles. The molecule has 1 heterocycles. The molecule has 1 amide bonds. The van der Waals surface area contributed by atoms with Gasteiger partial charge < -0.3 is 49.4 Å². The van der Waals surface area contributed by atoms with Crippen LogP contribution >= 0.6 is 0 Å². The molecule has 15 nitrogen and oxygen atoms in total. The fraction of sp³-hybridized carbons (Fsp3) is 0.548. The lowest BCUT2D eigenvalue weighted by atomic mass is 9.20. The molecule has 2 aromatic rings. The van der Waals surface area contributed by atoms with Crippen molar-refractivity contribution >= 4 is 29.8 Å². The van der Waals surface area contributed by atoms with E-state index in [1.54, 1.807) is 76.2 Å². The van der Waals surface area contributed by atoms with Crippen LogP contribution in [0.3, 0.4) is 0 Å². The van der Waals surface area contributed by atoms with Crippen molar-refractivity contribution < 1.29 is 68.1 Å². The summed E-state index contributed by atoms with van der Waals surface area (Å²) in [5.74, 6) is -3.78. The number of amides is 1. The fourth-order valence-corrected chi connectivity index (χ4v) is 11.0. The molecule has 12 atom stereocenters. The van der Waals surface area contributed by atoms with Gasteiger partial charge in [-0.3, -0.25) is 9.59 Å². The van der Waals surface area contributed by atoms with Crippen LogP contribution in [0.5, 0.6) is 0 Å². The maximum Gasteiger partial charge on any atom is 0.408 e. The highest BCUT2D eigenvalue weighted by molar-refractivity contribution is 5.98. The SMILES string of the molecule is CC(=O)O[C@@]12CO[C@@H]1C[C@H](O)[C@@]1(C)C(=O)[C@H](O)C3=C(C)[C@@H](OC(=O)[C@H](O)[C@@H](NC(=O)OC(C)(C)C)c4ccccc4)C[C@@]4(O)[C@@H](OC(=O)c5ccccc5)C21[C@@]34C. The molecule has 1 saturated heterocycles. The average Bonchev–Trinajstić information content (AvgIpc) is 3.14. The topological polar surface area (TPSA) is 224 Å². The molecule has 1 spiro atoms. The zero-order chi connectivity index (χ0) is 41.7. The number of nitrogens with one attached hydrogen (secondary N) is 1. The third kappa shape index (κ3) is 5.38. The quantitative estimate of drug-likeness (QED) is 0.147. The maximum atomic E-state index is 14.8. The van der Waals surface area contributed by atoms with Gasteiger partial charge in [0, 0.05) is 25.2 Å². The molecule has 5 aliphatic rings. The Morgan fingerprint density at radius 3 is 2.14 bits per heavy atom. The van der Waals surface area contributed by atoms with Crippen LogP contribution in [-0.4, -0.2) is 110 Å². The van der Waals surface area contributed by atoms with E-state index in [9.17, 15) is 44.4 Å². The van der Waals surface area contributed by atoms with E-state index in [0.29, 0.717) is 5.56 Å². The highest BCUT2D eigenvalue weighted by Crippen LogP contribution is 2.85. The molecule has 4 fully saturated rings. The number of hydrogen-bond donors (Lipinski definition) is 5. The van der Waals surface area contributed by atoms with Crippen LogP contribution in [0.25, 0.3) is 0 Å². The summed E-state index contributed by atoms with van der Waals surface area (Å²) < 4.78 is 29.7. The third-order valence-electron chi connectivity index (χ3n) is 13.3. The number of fused-ring (bicyclic) bond motifs is 1. The summed E-state index contributed by atoms with van der Waals surface area (Å²) in [6.07, 6.45) is -11.3. The molecule has 2 aromatic carbocycles. The number of alkyl carbamates (subject to hydrolysis) is 1. The van der Waals surface area contributed by atoms with Gasteiger partial charge in [-0.1, -0.05) is 55.5 Å². The number of esters is 3. The van der Waals surface area contributed by atoms with Gasteiger partial charge in [0.1, 0.15) is 35.6 Å². The van der Waals surface area contributed by atoms with Gasteiger partial charge in [-0.15, -0.1) is 0 Å². The van der Waals surface area contributed by atoms with Gasteiger partial charge >= 0.3 is 24.0 Å². The molecule has 15 heteroatoms. The summed E-state index contributed by atoms with van der Waals surface area (Å²) in [4.78, 5) is 68.7. The Kier molecular flexibility index (Phi) is 9.56. The lowest BCUT2D eigenvalue weighted by Crippen LogP contribution is -3.00. The Hall–Kier alpha value is -4.67. The zero-order valence-electron chi connectivity index (χ0n) is 32.8. The molecule has 5 N–H and O–H groups in total. The van der Waals surface area contributed by atoms with E-state index < -0.39 is 112 Å². The fourth-order valence-electron chi connectivity index (χ4n) is 11.0. The first-order valence-electron chi connectivity index (χ1n) is 19.0. The number of aliphatic hydroxyl groups excluding tert-OH is 3. The Morgan fingerprint density at radius 1 is 0.965 bits per heavy atom. The van der Waals surface area contributed by atoms with Crippen LogP contribution in [0.1, 0.15) is 83.3 Å². The van der Waals surface area contributed by atoms with Gasteiger partial charge in [0.25, 0.3) is 0 Å². The Balaban J connectivity index is 1.35. The van der Waals surface area contributed by atoms with Crippen LogP contribution in [-0.2, 0) is 38.1 Å². The molecular weight excluding hydrogens is 742 g/mol. The van der Waals surface area contributed by atoms with Gasteiger partial charge in [0.05, 0.1) is 35.1 Å². The lowest BCUT2D eigenvalue weighted by molar-refractivity contribution is -0.472. The minimum Gasteiger partial charge on any atom is -0.456 e. The van der Waals surface area contributed by atoms with Crippen molar-refractivity contribution in [2.24, 2.45) is 16.2 Å². The molecule has 7 rings (SSSR count). The van der Waals surface area contributed by atoms with Gasteiger partial charge in [-0.05, 0) is 63.5 Å². The van der Waals surface area contributed by atoms with Crippen molar-refractivity contribution in [2.45, 2.75) is 121 Å². The summed E-state index contributed by atoms with van der Waals surface area (Å²) in [6.45, 7) is 10.3. The summed E-state index contributed by atoms with van der Waals surface area (Å²) in [5.41, 5.74) is -10.1. The summed E-state index contributed by atoms with van der Waals surface area (Å²) in [7, 11) is 0. The second-order valence-corrected chi connectivity index (χ2v) is 17.2. The van der Waals surface area contributed by atoms with Crippen molar-refractivity contribution in [3.63, 3.8) is 0 Å². The first-order valence-corrected chi connectivity index (χ1v) is 19.0. The number of aliphatic hydroxyl groups is 4. The molecule has 0 bridgehead atoms. The summed E-state index contributed by atoms with van der Waals surface area (Å²) >= 11 is 0. The van der Waals surface area contributed by atoms with Crippen LogP contribution in [0.2, 0.25) is 0 Å². The monoisotopic (exact) mass is 791 g/mol. The van der Waals surface area contributed by atoms with Crippen LogP contribution < -0.4 is 5.32 Å². The molecular formula is C42H49NO14. The second kappa shape index (κ2) is 13.4. The number of ketones is 1. The molecule has 4 aliphatic carbocycles. The Morgan fingerprint density at radius 2 is 1.58 bits per heavy atom. The van der Waals surface area contributed by atoms with Crippen molar-refractivity contribution in [2.75, 3.05) is 6.61 Å². The highest BCUT2D eigenvalue weighted by atomic mass is 16.6. The largest absolute Gasteiger partial charge is 0.456 e. The number of carbonyl (C=O) groups excluding carboxylic acids is 5. The molecule has 1 unspecified atom stereocenters. The minimum absolute atomic E-state index is 0.0733. The van der Waals surface area contributed by atoms with E-state index in [1.165, 1.54) is 32.9 Å². The van der Waals surface area contributed by atoms with E-state index in [-0.39, 0.29) is 29.7 Å². The Labute approximate surface area is 329 Å². The summed E-state index contributed by atoms with van der Waals surface area (Å²) in [6, 6.07) is 14.6. The molecule has 57 heavy (non-hydrogen) atoms. The third-order valence-corrected chi connectivity index (χ3v) is 13.3. The molecule has 0 radical (unpaired) electrons. The van der Waals surface area contributed by atoms with Crippen molar-refractivity contribution in [1.29, 1.82) is 0 Å². The number of carbonyl (C=O) groups is 5.